The zero-order valence-corrected chi connectivity index (χ0v) is 4.99. The number of aliphatic hydroxyl groups excluding tert-OH is 1. The summed E-state index contributed by atoms with van der Waals surface area (Å²) >= 11 is 0. The molecule has 3 heteroatoms. The molecule has 9 heavy (non-hydrogen) atoms. The van der Waals surface area contributed by atoms with Gasteiger partial charge in [-0.05, 0) is 6.42 Å². The van der Waals surface area contributed by atoms with Crippen molar-refractivity contribution < 1.29 is 18.7 Å². The van der Waals surface area contributed by atoms with Crippen molar-refractivity contribution in [2.75, 3.05) is 20.3 Å². The SMILES string of the molecule is [2H]C([3H])OC[C@H]1O[C@H]([3H])CC1O. The minimum atomic E-state index is -1.36. The van der Waals surface area contributed by atoms with Gasteiger partial charge in [0.15, 0.2) is 0 Å². The van der Waals surface area contributed by atoms with Crippen molar-refractivity contribution in [1.29, 1.82) is 0 Å². The van der Waals surface area contributed by atoms with Crippen LogP contribution in [0.1, 0.15) is 10.5 Å². The lowest BCUT2D eigenvalue weighted by Gasteiger charge is -2.10. The zero-order chi connectivity index (χ0) is 9.14. The van der Waals surface area contributed by atoms with Crippen molar-refractivity contribution in [3.05, 3.63) is 0 Å². The Morgan fingerprint density at radius 2 is 3.22 bits per heavy atom. The summed E-state index contributed by atoms with van der Waals surface area (Å²) in [7, 11) is -1.36. The lowest BCUT2D eigenvalue weighted by Crippen LogP contribution is -2.25. The summed E-state index contributed by atoms with van der Waals surface area (Å²) in [5, 5.41) is 9.22. The zero-order valence-electron chi connectivity index (χ0n) is 7.99. The molecule has 2 unspecified atom stereocenters. The molecule has 1 heterocycles. The second kappa shape index (κ2) is 3.15. The van der Waals surface area contributed by atoms with Crippen LogP contribution < -0.4 is 0 Å². The lowest BCUT2D eigenvalue weighted by molar-refractivity contribution is -0.0101. The maximum absolute atomic E-state index is 9.22. The Kier molecular flexibility index (Phi) is 1.37. The summed E-state index contributed by atoms with van der Waals surface area (Å²) in [6, 6.07) is 0. The van der Waals surface area contributed by atoms with E-state index in [1.807, 2.05) is 0 Å². The summed E-state index contributed by atoms with van der Waals surface area (Å²) < 4.78 is 30.1. The van der Waals surface area contributed by atoms with Gasteiger partial charge in [0.25, 0.3) is 0 Å². The Morgan fingerprint density at radius 3 is 3.78 bits per heavy atom. The maximum Gasteiger partial charge on any atom is 0.107 e. The van der Waals surface area contributed by atoms with Gasteiger partial charge in [0.1, 0.15) is 6.10 Å². The largest absolute Gasteiger partial charge is 0.390 e. The molecule has 0 aromatic carbocycles. The molecular weight excluding hydrogens is 120 g/mol. The molecule has 0 saturated carbocycles. The van der Waals surface area contributed by atoms with E-state index < -0.39 is 25.9 Å². The molecule has 0 spiro atoms. The molecular formula is C6H12O3. The van der Waals surface area contributed by atoms with Crippen LogP contribution in [0, 0.1) is 0 Å². The molecule has 1 fully saturated rings. The van der Waals surface area contributed by atoms with E-state index in [-0.39, 0.29) is 13.0 Å². The predicted octanol–water partition coefficient (Wildman–Crippen LogP) is -0.217. The van der Waals surface area contributed by atoms with Gasteiger partial charge in [-0.15, -0.1) is 0 Å². The van der Waals surface area contributed by atoms with E-state index in [0.29, 0.717) is 0 Å². The third-order valence-corrected chi connectivity index (χ3v) is 1.30. The monoisotopic (exact) mass is 137 g/mol. The Morgan fingerprint density at radius 1 is 2.33 bits per heavy atom. The van der Waals surface area contributed by atoms with Gasteiger partial charge in [-0.25, -0.2) is 0 Å². The van der Waals surface area contributed by atoms with Crippen molar-refractivity contribution >= 4 is 0 Å². The smallest absolute Gasteiger partial charge is 0.107 e. The normalized spacial score (nSPS) is 51.7. The summed E-state index contributed by atoms with van der Waals surface area (Å²) in [5.74, 6) is 0. The highest BCUT2D eigenvalue weighted by atomic mass is 16.5. The van der Waals surface area contributed by atoms with Crippen LogP contribution in [0.15, 0.2) is 0 Å². The number of rotatable bonds is 2. The Labute approximate surface area is 58.8 Å². The summed E-state index contributed by atoms with van der Waals surface area (Å²) in [6.45, 7) is -0.697. The quantitative estimate of drug-likeness (QED) is 0.572. The third-order valence-electron chi connectivity index (χ3n) is 1.30. The average Bonchev–Trinajstić information content (AvgIpc) is 2.26. The molecule has 0 bridgehead atoms. The predicted molar refractivity (Wildman–Crippen MR) is 32.2 cm³/mol. The van der Waals surface area contributed by atoms with Crippen molar-refractivity contribution in [2.24, 2.45) is 0 Å². The van der Waals surface area contributed by atoms with E-state index in [1.54, 1.807) is 0 Å². The first kappa shape index (κ1) is 3.91. The lowest BCUT2D eigenvalue weighted by atomic mass is 10.2. The first-order valence-electron chi connectivity index (χ1n) is 4.54. The van der Waals surface area contributed by atoms with E-state index in [0.717, 1.165) is 0 Å². The van der Waals surface area contributed by atoms with E-state index >= 15 is 0 Å². The van der Waals surface area contributed by atoms with Crippen LogP contribution in [-0.2, 0) is 9.47 Å². The van der Waals surface area contributed by atoms with Gasteiger partial charge in [-0.3, -0.25) is 0 Å². The molecule has 1 saturated heterocycles. The minimum absolute atomic E-state index is 0.00815. The molecule has 1 aliphatic rings. The molecule has 3 nitrogen and oxygen atoms in total. The van der Waals surface area contributed by atoms with E-state index in [2.05, 4.69) is 4.74 Å². The van der Waals surface area contributed by atoms with E-state index in [9.17, 15) is 5.11 Å². The van der Waals surface area contributed by atoms with E-state index in [4.69, 9.17) is 8.85 Å². The maximum atomic E-state index is 9.22. The molecule has 4 atom stereocenters. The van der Waals surface area contributed by atoms with Gasteiger partial charge < -0.3 is 14.6 Å². The van der Waals surface area contributed by atoms with Crippen LogP contribution in [0.5, 0.6) is 0 Å². The molecule has 1 aliphatic heterocycles. The number of aliphatic hydroxyl groups is 1. The standard InChI is InChI=1S/C6H12O3/c1-8-4-6-5(7)2-3-9-6/h5-7H,2-4H2,1H3/t5?,6-/m1/s1/i1TD,3T/t1?,3-,5?,6-. The van der Waals surface area contributed by atoms with Crippen LogP contribution >= 0.6 is 0 Å². The minimum Gasteiger partial charge on any atom is -0.390 e. The molecule has 0 radical (unpaired) electrons. The number of ether oxygens (including phenoxy) is 2. The molecule has 0 aromatic heterocycles. The highest BCUT2D eigenvalue weighted by Crippen LogP contribution is 2.12. The van der Waals surface area contributed by atoms with Crippen molar-refractivity contribution in [1.82, 2.24) is 0 Å². The second-order valence-electron chi connectivity index (χ2n) is 1.98. The molecule has 0 aromatic rings. The van der Waals surface area contributed by atoms with Crippen LogP contribution in [0.25, 0.3) is 0 Å². The van der Waals surface area contributed by atoms with Gasteiger partial charge in [0, 0.05) is 13.6 Å². The fourth-order valence-electron chi connectivity index (χ4n) is 0.765. The fourth-order valence-corrected chi connectivity index (χ4v) is 0.765. The van der Waals surface area contributed by atoms with Crippen LogP contribution in [0.3, 0.4) is 0 Å². The first-order chi connectivity index (χ1) is 5.59. The molecule has 1 rings (SSSR count). The van der Waals surface area contributed by atoms with Crippen molar-refractivity contribution in [3.63, 3.8) is 0 Å². The third kappa shape index (κ3) is 1.64. The Hall–Kier alpha value is -0.120. The number of hydrogen-bond acceptors (Lipinski definition) is 3. The van der Waals surface area contributed by atoms with Crippen LogP contribution in [0.2, 0.25) is 0 Å². The number of methoxy groups -OCH3 is 1. The first-order valence-corrected chi connectivity index (χ1v) is 2.81. The van der Waals surface area contributed by atoms with Gasteiger partial charge >= 0.3 is 0 Å². The summed E-state index contributed by atoms with van der Waals surface area (Å²) in [6.07, 6.45) is -0.980. The second-order valence-corrected chi connectivity index (χ2v) is 1.98. The number of hydrogen-bond donors (Lipinski definition) is 1. The Balaban J connectivity index is 2.23. The average molecular weight is 137 g/mol. The highest BCUT2D eigenvalue weighted by molar-refractivity contribution is 4.73. The topological polar surface area (TPSA) is 38.7 Å². The fraction of sp³-hybridized carbons (Fsp3) is 1.00. The molecule has 0 aliphatic carbocycles. The van der Waals surface area contributed by atoms with Crippen molar-refractivity contribution in [2.45, 2.75) is 18.6 Å². The highest BCUT2D eigenvalue weighted by Gasteiger charge is 2.25. The van der Waals surface area contributed by atoms with Crippen molar-refractivity contribution in [3.8, 4) is 0 Å². The van der Waals surface area contributed by atoms with Crippen LogP contribution in [-0.4, -0.2) is 37.6 Å². The van der Waals surface area contributed by atoms with Gasteiger partial charge in [0.2, 0.25) is 0 Å². The van der Waals surface area contributed by atoms with Gasteiger partial charge in [-0.1, -0.05) is 0 Å². The van der Waals surface area contributed by atoms with Crippen LogP contribution in [0.4, 0.5) is 0 Å². The van der Waals surface area contributed by atoms with E-state index in [1.165, 1.54) is 0 Å². The summed E-state index contributed by atoms with van der Waals surface area (Å²) in [4.78, 5) is 0. The van der Waals surface area contributed by atoms with Gasteiger partial charge in [-0.2, -0.15) is 0 Å². The Bertz CT molecular complexity index is 144. The molecule has 0 amide bonds. The van der Waals surface area contributed by atoms with Gasteiger partial charge in [0.05, 0.1) is 16.8 Å². The molecule has 54 valence electrons. The molecule has 1 N–H and O–H groups in total. The summed E-state index contributed by atoms with van der Waals surface area (Å²) in [5.41, 5.74) is 0.